The third-order valence-electron chi connectivity index (χ3n) is 5.03. The summed E-state index contributed by atoms with van der Waals surface area (Å²) in [6.07, 6.45) is 0. The van der Waals surface area contributed by atoms with E-state index in [2.05, 4.69) is 102 Å². The van der Waals surface area contributed by atoms with E-state index in [1.165, 1.54) is 22.3 Å². The van der Waals surface area contributed by atoms with Gasteiger partial charge in [0.05, 0.1) is 0 Å². The summed E-state index contributed by atoms with van der Waals surface area (Å²) in [5.74, 6) is 0. The van der Waals surface area contributed by atoms with Gasteiger partial charge in [0.25, 0.3) is 0 Å². The Morgan fingerprint density at radius 2 is 0.962 bits per heavy atom. The summed E-state index contributed by atoms with van der Waals surface area (Å²) < 4.78 is 3.18. The van der Waals surface area contributed by atoms with Crippen molar-refractivity contribution in [1.82, 2.24) is 0 Å². The molecule has 0 radical (unpaired) electrons. The SMILES string of the molecule is [CH3][Sn]([CH3])([CH3])[c]1ccc(-c2cc[c]([Sn]([CH3])([CH3])[CH3])cc2-c2ccccc2)cc1. The van der Waals surface area contributed by atoms with Crippen LogP contribution in [0, 0.1) is 0 Å². The molecule has 0 spiro atoms. The van der Waals surface area contributed by atoms with Gasteiger partial charge in [-0.05, 0) is 0 Å². The molecule has 0 atom stereocenters. The van der Waals surface area contributed by atoms with Crippen molar-refractivity contribution in [1.29, 1.82) is 0 Å². The van der Waals surface area contributed by atoms with Gasteiger partial charge in [0, 0.05) is 0 Å². The Morgan fingerprint density at radius 1 is 0.462 bits per heavy atom. The summed E-state index contributed by atoms with van der Waals surface area (Å²) in [6, 6.07) is 27.5. The van der Waals surface area contributed by atoms with Crippen LogP contribution < -0.4 is 7.16 Å². The fourth-order valence-electron chi connectivity index (χ4n) is 3.27. The molecule has 3 rings (SSSR count). The molecule has 0 amide bonds. The van der Waals surface area contributed by atoms with Gasteiger partial charge < -0.3 is 0 Å². The van der Waals surface area contributed by atoms with Gasteiger partial charge in [0.1, 0.15) is 0 Å². The van der Waals surface area contributed by atoms with Crippen LogP contribution in [0.15, 0.2) is 72.8 Å². The van der Waals surface area contributed by atoms with Crippen LogP contribution in [0.1, 0.15) is 0 Å². The van der Waals surface area contributed by atoms with E-state index in [4.69, 9.17) is 0 Å². The van der Waals surface area contributed by atoms with E-state index in [9.17, 15) is 0 Å². The molecule has 134 valence electrons. The van der Waals surface area contributed by atoms with Gasteiger partial charge in [-0.1, -0.05) is 0 Å². The first kappa shape index (κ1) is 20.0. The first-order chi connectivity index (χ1) is 12.2. The van der Waals surface area contributed by atoms with Crippen LogP contribution in [0.3, 0.4) is 0 Å². The average molecular weight is 556 g/mol. The molecule has 0 saturated carbocycles. The molecule has 26 heavy (non-hydrogen) atoms. The molecule has 0 aliphatic carbocycles. The quantitative estimate of drug-likeness (QED) is 0.341. The van der Waals surface area contributed by atoms with Crippen LogP contribution in [0.4, 0.5) is 0 Å². The summed E-state index contributed by atoms with van der Waals surface area (Å²) in [4.78, 5) is 14.9. The van der Waals surface area contributed by atoms with Crippen molar-refractivity contribution >= 4 is 43.9 Å². The monoisotopic (exact) mass is 558 g/mol. The number of hydrogen-bond acceptors (Lipinski definition) is 0. The zero-order valence-electron chi connectivity index (χ0n) is 16.9. The summed E-state index contributed by atoms with van der Waals surface area (Å²) in [5, 5.41) is 0. The second-order valence-electron chi connectivity index (χ2n) is 9.20. The second-order valence-corrected chi connectivity index (χ2v) is 38.2. The maximum atomic E-state index is 2.49. The van der Waals surface area contributed by atoms with Gasteiger partial charge in [0.2, 0.25) is 0 Å². The second kappa shape index (κ2) is 7.71. The van der Waals surface area contributed by atoms with Crippen molar-refractivity contribution < 1.29 is 0 Å². The first-order valence-corrected chi connectivity index (χ1v) is 29.4. The molecule has 0 saturated heterocycles. The number of rotatable bonds is 4. The fraction of sp³-hybridized carbons (Fsp3) is 0.250. The van der Waals surface area contributed by atoms with Crippen LogP contribution in [0.2, 0.25) is 29.6 Å². The summed E-state index contributed by atoms with van der Waals surface area (Å²) in [5.41, 5.74) is 5.38. The average Bonchev–Trinajstić information content (AvgIpc) is 2.60. The summed E-state index contributed by atoms with van der Waals surface area (Å²) >= 11 is -4.11. The molecule has 0 bridgehead atoms. The van der Waals surface area contributed by atoms with E-state index >= 15 is 0 Å². The number of hydrogen-bond donors (Lipinski definition) is 0. The van der Waals surface area contributed by atoms with Crippen LogP contribution in [0.5, 0.6) is 0 Å². The van der Waals surface area contributed by atoms with Crippen molar-refractivity contribution in [3.8, 4) is 22.3 Å². The zero-order valence-corrected chi connectivity index (χ0v) is 22.6. The Hall–Kier alpha value is -0.743. The standard InChI is InChI=1S/C18H12.6CH3.2Sn/c1-3-9-15(10-4-1)17-13-7-8-14-18(17)16-11-5-2-6-12-16;;;;;;;;/h1,3-6,8-14H;6*1H3;;. The van der Waals surface area contributed by atoms with Crippen molar-refractivity contribution in [2.24, 2.45) is 0 Å². The van der Waals surface area contributed by atoms with Gasteiger partial charge in [0.15, 0.2) is 0 Å². The van der Waals surface area contributed by atoms with Crippen LogP contribution in [0.25, 0.3) is 22.3 Å². The summed E-state index contributed by atoms with van der Waals surface area (Å²) in [6.45, 7) is 0. The van der Waals surface area contributed by atoms with Gasteiger partial charge in [-0.2, -0.15) is 0 Å². The molecular weight excluding hydrogens is 526 g/mol. The molecule has 0 aliphatic heterocycles. The minimum atomic E-state index is -2.11. The molecule has 0 aliphatic rings. The molecule has 0 nitrogen and oxygen atoms in total. The van der Waals surface area contributed by atoms with E-state index in [1.807, 2.05) is 0 Å². The normalized spacial score (nSPS) is 12.2. The fourth-order valence-corrected chi connectivity index (χ4v) is 9.91. The molecule has 2 heteroatoms. The van der Waals surface area contributed by atoms with E-state index < -0.39 is 36.8 Å². The third kappa shape index (κ3) is 4.56. The molecule has 0 N–H and O–H groups in total. The van der Waals surface area contributed by atoms with Gasteiger partial charge in [-0.3, -0.25) is 0 Å². The molecule has 0 unspecified atom stereocenters. The predicted molar refractivity (Wildman–Crippen MR) is 123 cm³/mol. The van der Waals surface area contributed by atoms with E-state index in [-0.39, 0.29) is 0 Å². The van der Waals surface area contributed by atoms with Gasteiger partial charge in [-0.15, -0.1) is 0 Å². The van der Waals surface area contributed by atoms with E-state index in [0.717, 1.165) is 0 Å². The summed E-state index contributed by atoms with van der Waals surface area (Å²) in [7, 11) is 0. The minimum absolute atomic E-state index is 1.32. The maximum absolute atomic E-state index is 2.49. The van der Waals surface area contributed by atoms with E-state index in [0.29, 0.717) is 0 Å². The Balaban J connectivity index is 2.15. The van der Waals surface area contributed by atoms with Crippen molar-refractivity contribution in [2.75, 3.05) is 0 Å². The Labute approximate surface area is 167 Å². The van der Waals surface area contributed by atoms with Crippen molar-refractivity contribution in [3.63, 3.8) is 0 Å². The zero-order chi connectivity index (χ0) is 18.9. The topological polar surface area (TPSA) is 0 Å². The van der Waals surface area contributed by atoms with Crippen LogP contribution >= 0.6 is 0 Å². The van der Waals surface area contributed by atoms with Crippen LogP contribution in [-0.4, -0.2) is 36.8 Å². The molecule has 0 heterocycles. The van der Waals surface area contributed by atoms with E-state index in [1.54, 1.807) is 7.16 Å². The molecule has 0 fully saturated rings. The van der Waals surface area contributed by atoms with Gasteiger partial charge >= 0.3 is 169 Å². The third-order valence-corrected chi connectivity index (χ3v) is 16.8. The van der Waals surface area contributed by atoms with Crippen LogP contribution in [-0.2, 0) is 0 Å². The Kier molecular flexibility index (Phi) is 5.93. The molecule has 3 aromatic carbocycles. The molecule has 0 aromatic heterocycles. The van der Waals surface area contributed by atoms with Crippen molar-refractivity contribution in [2.45, 2.75) is 29.6 Å². The Bertz CT molecular complexity index is 880. The molecular formula is C24H30Sn2. The van der Waals surface area contributed by atoms with Gasteiger partial charge in [-0.25, -0.2) is 0 Å². The number of benzene rings is 3. The predicted octanol–water partition coefficient (Wildman–Crippen LogP) is 6.11. The first-order valence-electron chi connectivity index (χ1n) is 9.47. The Morgan fingerprint density at radius 3 is 1.50 bits per heavy atom. The van der Waals surface area contributed by atoms with Crippen molar-refractivity contribution in [3.05, 3.63) is 72.8 Å². The molecule has 3 aromatic rings.